The first-order chi connectivity index (χ1) is 16.7. The molecule has 34 heavy (non-hydrogen) atoms. The molecule has 1 aliphatic heterocycles. The van der Waals surface area contributed by atoms with E-state index in [1.54, 1.807) is 0 Å². The zero-order chi connectivity index (χ0) is 23.1. The Balaban J connectivity index is 1.23. The molecule has 1 amide bonds. The highest BCUT2D eigenvalue weighted by Crippen LogP contribution is 2.32. The predicted molar refractivity (Wildman–Crippen MR) is 133 cm³/mol. The third-order valence-corrected chi connectivity index (χ3v) is 6.55. The average molecular weight is 452 g/mol. The third-order valence-electron chi connectivity index (χ3n) is 6.55. The van der Waals surface area contributed by atoms with Gasteiger partial charge < -0.3 is 14.6 Å². The number of imidazole rings is 1. The van der Waals surface area contributed by atoms with Crippen LogP contribution in [-0.4, -0.2) is 33.4 Å². The lowest BCUT2D eigenvalue weighted by Crippen LogP contribution is -2.38. The van der Waals surface area contributed by atoms with Crippen LogP contribution in [0, 0.1) is 12.8 Å². The molecular formula is C27H25N5O2. The largest absolute Gasteiger partial charge is 0.423 e. The van der Waals surface area contributed by atoms with E-state index in [2.05, 4.69) is 15.2 Å². The number of fused-ring (bicyclic) bond motifs is 2. The quantitative estimate of drug-likeness (QED) is 0.401. The van der Waals surface area contributed by atoms with Gasteiger partial charge in [-0.25, -0.2) is 4.98 Å². The summed E-state index contributed by atoms with van der Waals surface area (Å²) in [5.74, 6) is 0.661. The van der Waals surface area contributed by atoms with Gasteiger partial charge in [0.15, 0.2) is 5.58 Å². The first-order valence-corrected chi connectivity index (χ1v) is 11.6. The molecule has 0 aliphatic carbocycles. The number of amides is 1. The highest BCUT2D eigenvalue weighted by molar-refractivity contribution is 5.96. The van der Waals surface area contributed by atoms with Gasteiger partial charge in [-0.15, -0.1) is 0 Å². The second-order valence-corrected chi connectivity index (χ2v) is 8.77. The molecule has 2 aromatic carbocycles. The Morgan fingerprint density at radius 3 is 2.53 bits per heavy atom. The van der Waals surface area contributed by atoms with E-state index < -0.39 is 0 Å². The fourth-order valence-electron chi connectivity index (χ4n) is 4.67. The third kappa shape index (κ3) is 3.59. The summed E-state index contributed by atoms with van der Waals surface area (Å²) in [4.78, 5) is 24.9. The van der Waals surface area contributed by atoms with Crippen LogP contribution in [0.1, 0.15) is 18.4 Å². The maximum atomic E-state index is 13.4. The van der Waals surface area contributed by atoms with Crippen molar-refractivity contribution in [3.8, 4) is 11.3 Å². The molecule has 0 bridgehead atoms. The maximum Gasteiger partial charge on any atom is 0.298 e. The molecule has 1 saturated heterocycles. The Morgan fingerprint density at radius 1 is 0.971 bits per heavy atom. The van der Waals surface area contributed by atoms with Crippen molar-refractivity contribution >= 4 is 34.5 Å². The average Bonchev–Trinajstić information content (AvgIpc) is 3.47. The number of anilines is 2. The number of benzene rings is 2. The lowest BCUT2D eigenvalue weighted by Gasteiger charge is -2.30. The molecule has 6 rings (SSSR count). The topological polar surface area (TPSA) is 75.7 Å². The van der Waals surface area contributed by atoms with Gasteiger partial charge in [0, 0.05) is 30.8 Å². The number of oxazole rings is 1. The number of nitrogens with zero attached hydrogens (tertiary/aromatic N) is 4. The van der Waals surface area contributed by atoms with Crippen molar-refractivity contribution in [1.82, 2.24) is 14.4 Å². The van der Waals surface area contributed by atoms with E-state index in [1.165, 1.54) is 0 Å². The molecule has 0 atom stereocenters. The SMILES string of the molecule is Cc1cccn2c(NC(=O)C3CCN(c4nc5ccccc5o4)CC3)c(-c3ccccc3)nc12. The summed E-state index contributed by atoms with van der Waals surface area (Å²) in [6, 6.07) is 22.4. The number of para-hydroxylation sites is 2. The van der Waals surface area contributed by atoms with Crippen LogP contribution in [-0.2, 0) is 4.79 Å². The van der Waals surface area contributed by atoms with E-state index in [9.17, 15) is 4.79 Å². The second kappa shape index (κ2) is 8.33. The van der Waals surface area contributed by atoms with Gasteiger partial charge >= 0.3 is 0 Å². The number of piperidine rings is 1. The highest BCUT2D eigenvalue weighted by atomic mass is 16.4. The van der Waals surface area contributed by atoms with Crippen molar-refractivity contribution in [3.63, 3.8) is 0 Å². The number of aromatic nitrogens is 3. The van der Waals surface area contributed by atoms with E-state index in [0.29, 0.717) is 6.01 Å². The Kier molecular flexibility index (Phi) is 5.02. The molecule has 4 heterocycles. The zero-order valence-corrected chi connectivity index (χ0v) is 18.9. The van der Waals surface area contributed by atoms with Crippen LogP contribution in [0.15, 0.2) is 77.3 Å². The van der Waals surface area contributed by atoms with Gasteiger partial charge in [0.05, 0.1) is 0 Å². The Hall–Kier alpha value is -4.13. The standard InChI is InChI=1S/C27H25N5O2/c1-18-8-7-15-32-24(18)29-23(19-9-3-2-4-10-19)25(32)30-26(33)20-13-16-31(17-14-20)27-28-21-11-5-6-12-22(21)34-27/h2-12,15,20H,13-14,16-17H2,1H3,(H,30,33). The first kappa shape index (κ1) is 20.5. The van der Waals surface area contributed by atoms with Crippen LogP contribution < -0.4 is 10.2 Å². The van der Waals surface area contributed by atoms with E-state index in [4.69, 9.17) is 9.40 Å². The Bertz CT molecular complexity index is 1450. The Morgan fingerprint density at radius 2 is 1.74 bits per heavy atom. The van der Waals surface area contributed by atoms with Gasteiger partial charge in [0.1, 0.15) is 22.7 Å². The summed E-state index contributed by atoms with van der Waals surface area (Å²) < 4.78 is 7.89. The minimum absolute atomic E-state index is 0.0257. The zero-order valence-electron chi connectivity index (χ0n) is 18.9. The molecule has 0 spiro atoms. The van der Waals surface area contributed by atoms with Crippen molar-refractivity contribution in [3.05, 3.63) is 78.5 Å². The number of rotatable bonds is 4. The summed E-state index contributed by atoms with van der Waals surface area (Å²) in [7, 11) is 0. The number of nitrogens with one attached hydrogen (secondary N) is 1. The molecule has 0 saturated carbocycles. The predicted octanol–water partition coefficient (Wildman–Crippen LogP) is 5.31. The molecule has 0 unspecified atom stereocenters. The van der Waals surface area contributed by atoms with Crippen LogP contribution >= 0.6 is 0 Å². The molecule has 3 aromatic heterocycles. The van der Waals surface area contributed by atoms with E-state index in [0.717, 1.165) is 65.3 Å². The summed E-state index contributed by atoms with van der Waals surface area (Å²) in [5.41, 5.74) is 5.32. The van der Waals surface area contributed by atoms with E-state index in [-0.39, 0.29) is 11.8 Å². The molecule has 1 aliphatic rings. The number of hydrogen-bond acceptors (Lipinski definition) is 5. The first-order valence-electron chi connectivity index (χ1n) is 11.6. The van der Waals surface area contributed by atoms with Crippen LogP contribution in [0.5, 0.6) is 0 Å². The lowest BCUT2D eigenvalue weighted by molar-refractivity contribution is -0.120. The lowest BCUT2D eigenvalue weighted by atomic mass is 9.96. The molecule has 0 radical (unpaired) electrons. The maximum absolute atomic E-state index is 13.4. The molecular weight excluding hydrogens is 426 g/mol. The smallest absolute Gasteiger partial charge is 0.298 e. The number of aryl methyl sites for hydroxylation is 1. The summed E-state index contributed by atoms with van der Waals surface area (Å²) in [5, 5.41) is 3.21. The van der Waals surface area contributed by atoms with Crippen LogP contribution in [0.25, 0.3) is 28.0 Å². The molecule has 5 aromatic rings. The summed E-state index contributed by atoms with van der Waals surface area (Å²) >= 11 is 0. The van der Waals surface area contributed by atoms with Gasteiger partial charge in [-0.3, -0.25) is 9.20 Å². The number of hydrogen-bond donors (Lipinski definition) is 1. The fraction of sp³-hybridized carbons (Fsp3) is 0.222. The van der Waals surface area contributed by atoms with Gasteiger partial charge in [-0.05, 0) is 43.5 Å². The van der Waals surface area contributed by atoms with E-state index in [1.807, 2.05) is 84.3 Å². The van der Waals surface area contributed by atoms with Crippen molar-refractivity contribution in [1.29, 1.82) is 0 Å². The molecule has 170 valence electrons. The normalized spacial score (nSPS) is 14.7. The van der Waals surface area contributed by atoms with Gasteiger partial charge in [0.25, 0.3) is 6.01 Å². The van der Waals surface area contributed by atoms with Gasteiger partial charge in [0.2, 0.25) is 5.91 Å². The minimum Gasteiger partial charge on any atom is -0.423 e. The van der Waals surface area contributed by atoms with Crippen molar-refractivity contribution in [2.45, 2.75) is 19.8 Å². The van der Waals surface area contributed by atoms with Crippen LogP contribution in [0.2, 0.25) is 0 Å². The molecule has 1 fully saturated rings. The van der Waals surface area contributed by atoms with E-state index >= 15 is 0 Å². The van der Waals surface area contributed by atoms with Crippen molar-refractivity contribution in [2.24, 2.45) is 5.92 Å². The molecule has 7 nitrogen and oxygen atoms in total. The molecule has 7 heteroatoms. The summed E-state index contributed by atoms with van der Waals surface area (Å²) in [6.45, 7) is 3.48. The number of carbonyl (C=O) groups excluding carboxylic acids is 1. The highest BCUT2D eigenvalue weighted by Gasteiger charge is 2.29. The van der Waals surface area contributed by atoms with Crippen LogP contribution in [0.3, 0.4) is 0 Å². The monoisotopic (exact) mass is 451 g/mol. The number of pyridine rings is 1. The fourth-order valence-corrected chi connectivity index (χ4v) is 4.67. The Labute approximate surface area is 197 Å². The second-order valence-electron chi connectivity index (χ2n) is 8.77. The summed E-state index contributed by atoms with van der Waals surface area (Å²) in [6.07, 6.45) is 3.43. The molecule has 1 N–H and O–H groups in total. The van der Waals surface area contributed by atoms with Crippen molar-refractivity contribution < 1.29 is 9.21 Å². The van der Waals surface area contributed by atoms with Gasteiger partial charge in [-0.1, -0.05) is 48.5 Å². The minimum atomic E-state index is -0.0837. The van der Waals surface area contributed by atoms with Gasteiger partial charge in [-0.2, -0.15) is 4.98 Å². The number of carbonyl (C=O) groups is 1. The van der Waals surface area contributed by atoms with Crippen LogP contribution in [0.4, 0.5) is 11.8 Å². The van der Waals surface area contributed by atoms with Crippen molar-refractivity contribution in [2.75, 3.05) is 23.3 Å².